The second-order valence-electron chi connectivity index (χ2n) is 7.04. The zero-order valence-electron chi connectivity index (χ0n) is 15.8. The van der Waals surface area contributed by atoms with Crippen molar-refractivity contribution in [3.63, 3.8) is 0 Å². The number of para-hydroxylation sites is 1. The molecule has 0 aliphatic carbocycles. The number of unbranched alkanes of at least 4 members (excludes halogenated alkanes) is 4. The minimum atomic E-state index is 0.972. The quantitative estimate of drug-likeness (QED) is 0.409. The second kappa shape index (κ2) is 8.94. The summed E-state index contributed by atoms with van der Waals surface area (Å²) >= 11 is 0. The van der Waals surface area contributed by atoms with Crippen molar-refractivity contribution in [3.8, 4) is 11.5 Å². The molecule has 134 valence electrons. The van der Waals surface area contributed by atoms with Crippen LogP contribution in [-0.2, 0) is 6.42 Å². The Morgan fingerprint density at radius 1 is 0.800 bits per heavy atom. The van der Waals surface area contributed by atoms with Crippen LogP contribution in [0.15, 0.2) is 42.5 Å². The van der Waals surface area contributed by atoms with Gasteiger partial charge in [0.2, 0.25) is 0 Å². The van der Waals surface area contributed by atoms with E-state index in [4.69, 9.17) is 4.74 Å². The van der Waals surface area contributed by atoms with E-state index in [1.165, 1.54) is 55.3 Å². The lowest BCUT2D eigenvalue weighted by Gasteiger charge is -2.30. The lowest BCUT2D eigenvalue weighted by atomic mass is 9.98. The maximum atomic E-state index is 6.19. The molecule has 0 N–H and O–H groups in total. The van der Waals surface area contributed by atoms with Gasteiger partial charge in [-0.3, -0.25) is 0 Å². The van der Waals surface area contributed by atoms with Gasteiger partial charge in [-0.25, -0.2) is 0 Å². The summed E-state index contributed by atoms with van der Waals surface area (Å²) in [6.45, 7) is 6.85. The summed E-state index contributed by atoms with van der Waals surface area (Å²) in [6, 6.07) is 15.0. The third-order valence-electron chi connectivity index (χ3n) is 5.07. The van der Waals surface area contributed by atoms with Gasteiger partial charge >= 0.3 is 0 Å². The molecular weight excluding hydrogens is 306 g/mol. The summed E-state index contributed by atoms with van der Waals surface area (Å²) in [7, 11) is 0. The predicted octanol–water partition coefficient (Wildman–Crippen LogP) is 6.57. The van der Waals surface area contributed by atoms with Gasteiger partial charge in [0.25, 0.3) is 0 Å². The van der Waals surface area contributed by atoms with E-state index in [0.717, 1.165) is 31.0 Å². The van der Waals surface area contributed by atoms with Gasteiger partial charge in [0.1, 0.15) is 11.5 Å². The number of ether oxygens (including phenoxy) is 1. The number of nitrogens with zero attached hydrogens (tertiary/aromatic N) is 1. The van der Waals surface area contributed by atoms with E-state index in [-0.39, 0.29) is 0 Å². The average Bonchev–Trinajstić information content (AvgIpc) is 2.65. The third kappa shape index (κ3) is 4.36. The Morgan fingerprint density at radius 3 is 2.20 bits per heavy atom. The van der Waals surface area contributed by atoms with E-state index in [0.29, 0.717) is 0 Å². The lowest BCUT2D eigenvalue weighted by molar-refractivity contribution is 0.459. The number of fused-ring (bicyclic) bond motifs is 2. The van der Waals surface area contributed by atoms with Crippen LogP contribution in [0, 0.1) is 0 Å². The zero-order chi connectivity index (χ0) is 17.5. The molecule has 1 heterocycles. The van der Waals surface area contributed by atoms with Crippen molar-refractivity contribution < 1.29 is 4.74 Å². The Balaban J connectivity index is 1.84. The minimum Gasteiger partial charge on any atom is -0.457 e. The number of anilines is 1. The molecular formula is C23H31NO. The van der Waals surface area contributed by atoms with E-state index in [9.17, 15) is 0 Å². The number of benzene rings is 2. The van der Waals surface area contributed by atoms with Gasteiger partial charge in [0.05, 0.1) is 0 Å². The first-order valence-electron chi connectivity index (χ1n) is 9.96. The molecule has 0 amide bonds. The molecule has 1 aliphatic rings. The molecule has 0 bridgehead atoms. The van der Waals surface area contributed by atoms with Gasteiger partial charge in [0, 0.05) is 30.8 Å². The summed E-state index contributed by atoms with van der Waals surface area (Å²) in [6.07, 6.45) is 8.66. The van der Waals surface area contributed by atoms with Gasteiger partial charge in [-0.1, -0.05) is 63.8 Å². The molecule has 0 fully saturated rings. The van der Waals surface area contributed by atoms with Crippen LogP contribution < -0.4 is 9.64 Å². The molecule has 0 atom stereocenters. The molecule has 2 nitrogen and oxygen atoms in total. The molecule has 1 aliphatic heterocycles. The van der Waals surface area contributed by atoms with Crippen molar-refractivity contribution >= 4 is 5.69 Å². The van der Waals surface area contributed by atoms with E-state index in [1.54, 1.807) is 0 Å². The first-order valence-corrected chi connectivity index (χ1v) is 9.96. The largest absolute Gasteiger partial charge is 0.457 e. The van der Waals surface area contributed by atoms with E-state index in [2.05, 4.69) is 61.2 Å². The SMILES string of the molecule is CCCCCN(CCCCC)c1cccc2c1Cc1ccccc1O2. The Morgan fingerprint density at radius 2 is 1.48 bits per heavy atom. The van der Waals surface area contributed by atoms with Crippen molar-refractivity contribution in [3.05, 3.63) is 53.6 Å². The summed E-state index contributed by atoms with van der Waals surface area (Å²) in [5.74, 6) is 2.04. The van der Waals surface area contributed by atoms with Crippen molar-refractivity contribution in [2.45, 2.75) is 58.8 Å². The van der Waals surface area contributed by atoms with Crippen LogP contribution in [0.3, 0.4) is 0 Å². The first-order chi connectivity index (χ1) is 12.3. The Labute approximate surface area is 152 Å². The standard InChI is InChI=1S/C23H31NO/c1-3-5-9-16-24(17-10-6-4-2)21-13-11-15-23-20(21)18-19-12-7-8-14-22(19)25-23/h7-8,11-15H,3-6,9-10,16-18H2,1-2H3. The topological polar surface area (TPSA) is 12.5 Å². The van der Waals surface area contributed by atoms with Crippen LogP contribution in [0.4, 0.5) is 5.69 Å². The first kappa shape index (κ1) is 17.8. The second-order valence-corrected chi connectivity index (χ2v) is 7.04. The van der Waals surface area contributed by atoms with Gasteiger partial charge in [-0.2, -0.15) is 0 Å². The zero-order valence-corrected chi connectivity index (χ0v) is 15.8. The highest BCUT2D eigenvalue weighted by molar-refractivity contribution is 5.64. The monoisotopic (exact) mass is 337 g/mol. The minimum absolute atomic E-state index is 0.972. The molecule has 2 aromatic carbocycles. The van der Waals surface area contributed by atoms with Gasteiger partial charge in [-0.15, -0.1) is 0 Å². The van der Waals surface area contributed by atoms with Crippen LogP contribution in [-0.4, -0.2) is 13.1 Å². The van der Waals surface area contributed by atoms with E-state index < -0.39 is 0 Å². The maximum absolute atomic E-state index is 6.19. The fourth-order valence-electron chi connectivity index (χ4n) is 3.64. The Bertz CT molecular complexity index is 670. The summed E-state index contributed by atoms with van der Waals surface area (Å²) in [5.41, 5.74) is 4.03. The van der Waals surface area contributed by atoms with Crippen molar-refractivity contribution in [1.29, 1.82) is 0 Å². The lowest BCUT2D eigenvalue weighted by Crippen LogP contribution is -2.27. The maximum Gasteiger partial charge on any atom is 0.133 e. The average molecular weight is 338 g/mol. The van der Waals surface area contributed by atoms with Gasteiger partial charge in [-0.05, 0) is 36.6 Å². The Hall–Kier alpha value is -1.96. The fraction of sp³-hybridized carbons (Fsp3) is 0.478. The normalized spacial score (nSPS) is 12.2. The number of hydrogen-bond donors (Lipinski definition) is 0. The van der Waals surface area contributed by atoms with Crippen LogP contribution in [0.5, 0.6) is 11.5 Å². The highest BCUT2D eigenvalue weighted by Gasteiger charge is 2.21. The van der Waals surface area contributed by atoms with Crippen molar-refractivity contribution in [1.82, 2.24) is 0 Å². The predicted molar refractivity (Wildman–Crippen MR) is 107 cm³/mol. The molecule has 0 radical (unpaired) electrons. The molecule has 25 heavy (non-hydrogen) atoms. The van der Waals surface area contributed by atoms with Crippen molar-refractivity contribution in [2.24, 2.45) is 0 Å². The molecule has 0 saturated carbocycles. The third-order valence-corrected chi connectivity index (χ3v) is 5.07. The molecule has 0 saturated heterocycles. The highest BCUT2D eigenvalue weighted by Crippen LogP contribution is 2.41. The fourth-order valence-corrected chi connectivity index (χ4v) is 3.64. The molecule has 0 aromatic heterocycles. The van der Waals surface area contributed by atoms with Crippen LogP contribution in [0.2, 0.25) is 0 Å². The van der Waals surface area contributed by atoms with Gasteiger partial charge in [0.15, 0.2) is 0 Å². The number of rotatable bonds is 9. The summed E-state index contributed by atoms with van der Waals surface area (Å²) in [5, 5.41) is 0. The highest BCUT2D eigenvalue weighted by atomic mass is 16.5. The molecule has 2 aromatic rings. The summed E-state index contributed by atoms with van der Waals surface area (Å²) < 4.78 is 6.19. The van der Waals surface area contributed by atoms with Crippen LogP contribution in [0.25, 0.3) is 0 Å². The molecule has 0 unspecified atom stereocenters. The molecule has 0 spiro atoms. The molecule has 3 rings (SSSR count). The van der Waals surface area contributed by atoms with Crippen LogP contribution >= 0.6 is 0 Å². The van der Waals surface area contributed by atoms with E-state index in [1.807, 2.05) is 0 Å². The Kier molecular flexibility index (Phi) is 6.38. The van der Waals surface area contributed by atoms with Crippen LogP contribution in [0.1, 0.15) is 63.5 Å². The van der Waals surface area contributed by atoms with Crippen molar-refractivity contribution in [2.75, 3.05) is 18.0 Å². The number of hydrogen-bond acceptors (Lipinski definition) is 2. The van der Waals surface area contributed by atoms with E-state index >= 15 is 0 Å². The van der Waals surface area contributed by atoms with Gasteiger partial charge < -0.3 is 9.64 Å². The smallest absolute Gasteiger partial charge is 0.133 e. The summed E-state index contributed by atoms with van der Waals surface area (Å²) in [4.78, 5) is 2.60. The molecule has 2 heteroatoms.